The highest BCUT2D eigenvalue weighted by Gasteiger charge is 2.41. The Morgan fingerprint density at radius 1 is 1.43 bits per heavy atom. The van der Waals surface area contributed by atoms with Crippen molar-refractivity contribution in [3.63, 3.8) is 0 Å². The average Bonchev–Trinajstić information content (AvgIpc) is 2.81. The molecule has 1 aliphatic rings. The van der Waals surface area contributed by atoms with E-state index in [0.717, 1.165) is 10.9 Å². The number of hydrogen-bond acceptors (Lipinski definition) is 2. The summed E-state index contributed by atoms with van der Waals surface area (Å²) in [6, 6.07) is 0. The molecule has 120 valence electrons. The van der Waals surface area contributed by atoms with Crippen molar-refractivity contribution in [2.45, 2.75) is 57.9 Å². The van der Waals surface area contributed by atoms with Gasteiger partial charge < -0.3 is 4.74 Å². The van der Waals surface area contributed by atoms with Crippen LogP contribution in [0, 0.1) is 5.92 Å². The maximum Gasteiger partial charge on any atom is 0.423 e. The molecule has 0 N–H and O–H groups in total. The highest BCUT2D eigenvalue weighted by Crippen LogP contribution is 2.40. The van der Waals surface area contributed by atoms with E-state index >= 15 is 0 Å². The van der Waals surface area contributed by atoms with Gasteiger partial charge in [0, 0.05) is 25.6 Å². The molecule has 1 saturated carbocycles. The molecule has 0 bridgehead atoms. The van der Waals surface area contributed by atoms with Crippen LogP contribution in [-0.2, 0) is 12.7 Å². The second kappa shape index (κ2) is 5.46. The molecule has 1 atom stereocenters. The number of hydrogen-bond donors (Lipinski definition) is 0. The van der Waals surface area contributed by atoms with E-state index in [0.29, 0.717) is 0 Å². The van der Waals surface area contributed by atoms with Gasteiger partial charge in [-0.1, -0.05) is 0 Å². The van der Waals surface area contributed by atoms with Crippen LogP contribution >= 0.6 is 0 Å². The predicted molar refractivity (Wildman–Crippen MR) is 65.3 cm³/mol. The van der Waals surface area contributed by atoms with Crippen molar-refractivity contribution >= 4 is 0 Å². The zero-order valence-corrected chi connectivity index (χ0v) is 11.8. The summed E-state index contributed by atoms with van der Waals surface area (Å²) in [5, 5.41) is 3.76. The van der Waals surface area contributed by atoms with Gasteiger partial charge in [-0.15, -0.1) is 5.10 Å². The van der Waals surface area contributed by atoms with Gasteiger partial charge in [0.25, 0.3) is 0 Å². The lowest BCUT2D eigenvalue weighted by Gasteiger charge is -2.10. The van der Waals surface area contributed by atoms with Gasteiger partial charge in [0.1, 0.15) is 5.56 Å². The maximum atomic E-state index is 13.1. The molecule has 1 unspecified atom stereocenters. The Morgan fingerprint density at radius 3 is 2.57 bits per heavy atom. The first-order valence-electron chi connectivity index (χ1n) is 6.76. The molecule has 1 aromatic rings. The molecule has 0 aliphatic heterocycles. The van der Waals surface area contributed by atoms with Gasteiger partial charge in [0.05, 0.1) is 6.10 Å². The fourth-order valence-electron chi connectivity index (χ4n) is 2.46. The molecule has 1 heterocycles. The van der Waals surface area contributed by atoms with Crippen molar-refractivity contribution in [2.75, 3.05) is 0 Å². The molecule has 2 rings (SSSR count). The molecule has 8 heteroatoms. The number of aromatic nitrogens is 2. The van der Waals surface area contributed by atoms with E-state index in [4.69, 9.17) is 4.74 Å². The molecule has 3 nitrogen and oxygen atoms in total. The van der Waals surface area contributed by atoms with Crippen molar-refractivity contribution in [2.24, 2.45) is 5.92 Å². The van der Waals surface area contributed by atoms with Crippen LogP contribution in [0.15, 0.2) is 6.20 Å². The van der Waals surface area contributed by atoms with Gasteiger partial charge in [0.2, 0.25) is 11.8 Å². The van der Waals surface area contributed by atoms with Crippen LogP contribution in [0.1, 0.15) is 38.7 Å². The first-order chi connectivity index (χ1) is 9.57. The molecule has 0 amide bonds. The third-order valence-electron chi connectivity index (χ3n) is 3.33. The molecule has 0 spiro atoms. The molecular formula is C13H17F5N2O. The third kappa shape index (κ3) is 4.07. The predicted octanol–water partition coefficient (Wildman–Crippen LogP) is 4.12. The normalized spacial score (nSPS) is 22.0. The molecule has 1 aliphatic carbocycles. The van der Waals surface area contributed by atoms with Crippen LogP contribution in [0.4, 0.5) is 22.0 Å². The summed E-state index contributed by atoms with van der Waals surface area (Å²) >= 11 is 0. The Kier molecular flexibility index (Phi) is 4.17. The van der Waals surface area contributed by atoms with E-state index in [9.17, 15) is 22.0 Å². The third-order valence-corrected chi connectivity index (χ3v) is 3.33. The van der Waals surface area contributed by atoms with E-state index in [1.807, 2.05) is 0 Å². The Morgan fingerprint density at radius 2 is 2.10 bits per heavy atom. The minimum Gasteiger partial charge on any atom is -0.473 e. The van der Waals surface area contributed by atoms with E-state index in [2.05, 4.69) is 5.10 Å². The Balaban J connectivity index is 2.16. The van der Waals surface area contributed by atoms with E-state index in [1.165, 1.54) is 0 Å². The zero-order chi connectivity index (χ0) is 15.8. The van der Waals surface area contributed by atoms with Crippen LogP contribution in [0.25, 0.3) is 0 Å². The summed E-state index contributed by atoms with van der Waals surface area (Å²) < 4.78 is 71.0. The largest absolute Gasteiger partial charge is 0.473 e. The van der Waals surface area contributed by atoms with Crippen molar-refractivity contribution < 1.29 is 26.7 Å². The maximum absolute atomic E-state index is 13.1. The van der Waals surface area contributed by atoms with Crippen molar-refractivity contribution in [3.8, 4) is 5.88 Å². The van der Waals surface area contributed by atoms with Gasteiger partial charge in [-0.2, -0.15) is 13.2 Å². The topological polar surface area (TPSA) is 27.1 Å². The quantitative estimate of drug-likeness (QED) is 0.782. The summed E-state index contributed by atoms with van der Waals surface area (Å²) in [6.45, 7) is 3.23. The van der Waals surface area contributed by atoms with E-state index in [1.54, 1.807) is 13.8 Å². The molecule has 0 radical (unpaired) electrons. The lowest BCUT2D eigenvalue weighted by Crippen LogP contribution is -2.13. The first kappa shape index (κ1) is 16.0. The highest BCUT2D eigenvalue weighted by molar-refractivity contribution is 5.26. The Bertz CT molecular complexity index is 495. The monoisotopic (exact) mass is 312 g/mol. The van der Waals surface area contributed by atoms with Gasteiger partial charge in [-0.3, -0.25) is 4.68 Å². The number of rotatable bonds is 4. The van der Waals surface area contributed by atoms with Crippen LogP contribution < -0.4 is 4.74 Å². The summed E-state index contributed by atoms with van der Waals surface area (Å²) in [4.78, 5) is 0. The van der Waals surface area contributed by atoms with Crippen molar-refractivity contribution in [1.29, 1.82) is 0 Å². The second-order valence-corrected chi connectivity index (χ2v) is 5.70. The zero-order valence-electron chi connectivity index (χ0n) is 11.8. The van der Waals surface area contributed by atoms with Crippen LogP contribution in [0.2, 0.25) is 0 Å². The molecular weight excluding hydrogens is 295 g/mol. The minimum absolute atomic E-state index is 0.0418. The molecule has 0 saturated heterocycles. The number of alkyl halides is 5. The lowest BCUT2D eigenvalue weighted by atomic mass is 10.1. The number of nitrogens with zero attached hydrogens (tertiary/aromatic N) is 2. The highest BCUT2D eigenvalue weighted by atomic mass is 19.4. The summed E-state index contributed by atoms with van der Waals surface area (Å²) in [6.07, 6.45) is -4.45. The summed E-state index contributed by atoms with van der Waals surface area (Å²) in [7, 11) is 0. The Hall–Kier alpha value is -1.34. The Labute approximate surface area is 119 Å². The van der Waals surface area contributed by atoms with Gasteiger partial charge >= 0.3 is 6.18 Å². The SMILES string of the molecule is CC(C)Oc1nn(CC2CCC(F)(F)C2)cc1C(F)(F)F. The lowest BCUT2D eigenvalue weighted by molar-refractivity contribution is -0.139. The van der Waals surface area contributed by atoms with Crippen LogP contribution in [0.5, 0.6) is 5.88 Å². The van der Waals surface area contributed by atoms with Crippen molar-refractivity contribution in [1.82, 2.24) is 9.78 Å². The fourth-order valence-corrected chi connectivity index (χ4v) is 2.46. The fraction of sp³-hybridized carbons (Fsp3) is 0.769. The van der Waals surface area contributed by atoms with Gasteiger partial charge in [-0.05, 0) is 26.2 Å². The van der Waals surface area contributed by atoms with E-state index in [-0.39, 0.29) is 31.7 Å². The van der Waals surface area contributed by atoms with Crippen LogP contribution in [-0.4, -0.2) is 21.8 Å². The van der Waals surface area contributed by atoms with Crippen molar-refractivity contribution in [3.05, 3.63) is 11.8 Å². The minimum atomic E-state index is -4.58. The summed E-state index contributed by atoms with van der Waals surface area (Å²) in [5.74, 6) is -3.59. The molecule has 1 fully saturated rings. The van der Waals surface area contributed by atoms with E-state index < -0.39 is 29.6 Å². The molecule has 0 aromatic carbocycles. The smallest absolute Gasteiger partial charge is 0.423 e. The number of ether oxygens (including phenoxy) is 1. The van der Waals surface area contributed by atoms with Gasteiger partial charge in [0.15, 0.2) is 0 Å². The second-order valence-electron chi connectivity index (χ2n) is 5.70. The standard InChI is InChI=1S/C13H17F5N2O/c1-8(2)21-11-10(13(16,17)18)7-20(19-11)6-9-3-4-12(14,15)5-9/h7-9H,3-6H2,1-2H3. The average molecular weight is 312 g/mol. The molecule has 21 heavy (non-hydrogen) atoms. The first-order valence-corrected chi connectivity index (χ1v) is 6.76. The molecule has 1 aromatic heterocycles. The summed E-state index contributed by atoms with van der Waals surface area (Å²) in [5.41, 5.74) is -0.971. The van der Waals surface area contributed by atoms with Crippen LogP contribution in [0.3, 0.4) is 0 Å². The number of halogens is 5. The van der Waals surface area contributed by atoms with Gasteiger partial charge in [-0.25, -0.2) is 8.78 Å².